The highest BCUT2D eigenvalue weighted by Crippen LogP contribution is 2.37. The Labute approximate surface area is 108 Å². The van der Waals surface area contributed by atoms with Crippen LogP contribution in [0.3, 0.4) is 0 Å². The van der Waals surface area contributed by atoms with Gasteiger partial charge in [0.2, 0.25) is 10.0 Å². The highest BCUT2D eigenvalue weighted by atomic mass is 35.5. The summed E-state index contributed by atoms with van der Waals surface area (Å²) in [6.45, 7) is 0.438. The lowest BCUT2D eigenvalue weighted by Gasteiger charge is -2.20. The normalized spacial score (nSPS) is 22.8. The van der Waals surface area contributed by atoms with Gasteiger partial charge in [-0.1, -0.05) is 23.2 Å². The molecule has 0 amide bonds. The highest BCUT2D eigenvalue weighted by molar-refractivity contribution is 7.89. The van der Waals surface area contributed by atoms with Crippen LogP contribution < -0.4 is 5.73 Å². The molecule has 0 spiro atoms. The van der Waals surface area contributed by atoms with Gasteiger partial charge in [-0.25, -0.2) is 8.42 Å². The van der Waals surface area contributed by atoms with Crippen molar-refractivity contribution in [3.8, 4) is 0 Å². The molecule has 1 aromatic rings. The molecule has 1 unspecified atom stereocenters. The van der Waals surface area contributed by atoms with Crippen LogP contribution in [0, 0.1) is 0 Å². The van der Waals surface area contributed by atoms with Crippen molar-refractivity contribution in [2.45, 2.75) is 23.9 Å². The number of nitrogens with zero attached hydrogens (tertiary/aromatic N) is 1. The highest BCUT2D eigenvalue weighted by Gasteiger charge is 2.35. The van der Waals surface area contributed by atoms with Gasteiger partial charge in [-0.2, -0.15) is 4.31 Å². The summed E-state index contributed by atoms with van der Waals surface area (Å²) in [5.74, 6) is 0. The largest absolute Gasteiger partial charge is 0.315 e. The Hall–Kier alpha value is 0.150. The molecule has 1 aliphatic heterocycles. The average Bonchev–Trinajstić information content (AvgIpc) is 2.72. The van der Waals surface area contributed by atoms with E-state index in [-0.39, 0.29) is 9.23 Å². The molecule has 16 heavy (non-hydrogen) atoms. The van der Waals surface area contributed by atoms with Gasteiger partial charge in [0.1, 0.15) is 9.23 Å². The van der Waals surface area contributed by atoms with Crippen molar-refractivity contribution in [2.24, 2.45) is 5.73 Å². The maximum atomic E-state index is 12.2. The number of hydrogen-bond acceptors (Lipinski definition) is 4. The van der Waals surface area contributed by atoms with Gasteiger partial charge in [-0.15, -0.1) is 11.3 Å². The van der Waals surface area contributed by atoms with Crippen molar-refractivity contribution in [1.82, 2.24) is 4.31 Å². The zero-order valence-electron chi connectivity index (χ0n) is 8.19. The molecule has 0 aromatic carbocycles. The van der Waals surface area contributed by atoms with Gasteiger partial charge in [-0.3, -0.25) is 0 Å². The Kier molecular flexibility index (Phi) is 3.49. The first-order valence-electron chi connectivity index (χ1n) is 4.65. The summed E-state index contributed by atoms with van der Waals surface area (Å²) in [6, 6.07) is 1.37. The van der Waals surface area contributed by atoms with E-state index in [1.165, 1.54) is 10.4 Å². The van der Waals surface area contributed by atoms with E-state index in [0.29, 0.717) is 17.3 Å². The van der Waals surface area contributed by atoms with E-state index in [9.17, 15) is 8.42 Å². The minimum absolute atomic E-state index is 0.0570. The minimum Gasteiger partial charge on any atom is -0.315 e. The van der Waals surface area contributed by atoms with Crippen LogP contribution in [0.1, 0.15) is 12.8 Å². The van der Waals surface area contributed by atoms with Crippen molar-refractivity contribution in [1.29, 1.82) is 0 Å². The van der Waals surface area contributed by atoms with E-state index in [2.05, 4.69) is 0 Å². The lowest BCUT2D eigenvalue weighted by molar-refractivity contribution is 0.396. The van der Waals surface area contributed by atoms with Crippen LogP contribution in [0.15, 0.2) is 11.0 Å². The van der Waals surface area contributed by atoms with Crippen LogP contribution in [0.5, 0.6) is 0 Å². The number of nitrogens with two attached hydrogens (primary N) is 1. The third kappa shape index (κ3) is 2.10. The molecule has 1 aliphatic rings. The Bertz CT molecular complexity index is 500. The van der Waals surface area contributed by atoms with Crippen molar-refractivity contribution in [3.05, 3.63) is 14.7 Å². The van der Waals surface area contributed by atoms with Crippen LogP contribution in [0.4, 0.5) is 0 Å². The topological polar surface area (TPSA) is 63.4 Å². The van der Waals surface area contributed by atoms with E-state index in [0.717, 1.165) is 17.8 Å². The summed E-state index contributed by atoms with van der Waals surface area (Å²) in [5.41, 5.74) is 5.73. The predicted molar refractivity (Wildman–Crippen MR) is 65.4 cm³/mol. The van der Waals surface area contributed by atoms with Crippen molar-refractivity contribution in [2.75, 3.05) is 6.54 Å². The van der Waals surface area contributed by atoms with Crippen LogP contribution in [-0.4, -0.2) is 25.4 Å². The van der Waals surface area contributed by atoms with E-state index >= 15 is 0 Å². The molecular formula is C8H10Cl2N2O2S2. The smallest absolute Gasteiger partial charge is 0.246 e. The first kappa shape index (κ1) is 12.6. The maximum Gasteiger partial charge on any atom is 0.246 e. The Morgan fingerprint density at radius 1 is 1.50 bits per heavy atom. The first-order chi connectivity index (χ1) is 7.43. The molecular weight excluding hydrogens is 291 g/mol. The fourth-order valence-corrected chi connectivity index (χ4v) is 5.39. The second-order valence-corrected chi connectivity index (χ2v) is 7.66. The fraction of sp³-hybridized carbons (Fsp3) is 0.500. The predicted octanol–water partition coefficient (Wildman–Crippen LogP) is 2.12. The molecule has 0 saturated carbocycles. The Balaban J connectivity index is 2.42. The van der Waals surface area contributed by atoms with E-state index in [4.69, 9.17) is 28.9 Å². The van der Waals surface area contributed by atoms with Crippen LogP contribution in [-0.2, 0) is 10.0 Å². The number of sulfonamides is 1. The number of hydrogen-bond donors (Lipinski definition) is 1. The molecule has 2 N–H and O–H groups in total. The summed E-state index contributed by atoms with van der Waals surface area (Å²) < 4.78 is 26.2. The van der Waals surface area contributed by atoms with Gasteiger partial charge in [-0.05, 0) is 18.9 Å². The molecule has 8 heteroatoms. The SMILES string of the molecule is NC1CCCN1S(=O)(=O)c1cc(Cl)sc1Cl. The van der Waals surface area contributed by atoms with Crippen LogP contribution >= 0.6 is 34.5 Å². The quantitative estimate of drug-likeness (QED) is 0.910. The second kappa shape index (κ2) is 4.44. The molecule has 4 nitrogen and oxygen atoms in total. The van der Waals surface area contributed by atoms with Gasteiger partial charge in [0, 0.05) is 6.54 Å². The molecule has 1 saturated heterocycles. The van der Waals surface area contributed by atoms with Crippen molar-refractivity contribution >= 4 is 44.6 Å². The molecule has 1 atom stereocenters. The average molecular weight is 301 g/mol. The molecule has 0 bridgehead atoms. The second-order valence-electron chi connectivity index (χ2n) is 3.51. The summed E-state index contributed by atoms with van der Waals surface area (Å²) in [5, 5.41) is 0. The number of halogens is 2. The number of thiophene rings is 1. The van der Waals surface area contributed by atoms with Gasteiger partial charge < -0.3 is 5.73 Å². The third-order valence-corrected chi connectivity index (χ3v) is 6.14. The molecule has 2 heterocycles. The van der Waals surface area contributed by atoms with Gasteiger partial charge in [0.05, 0.1) is 10.5 Å². The maximum absolute atomic E-state index is 12.2. The zero-order valence-corrected chi connectivity index (χ0v) is 11.3. The summed E-state index contributed by atoms with van der Waals surface area (Å²) >= 11 is 12.6. The molecule has 0 aliphatic carbocycles. The summed E-state index contributed by atoms with van der Waals surface area (Å²) in [6.07, 6.45) is 0.990. The minimum atomic E-state index is -3.60. The summed E-state index contributed by atoms with van der Waals surface area (Å²) in [7, 11) is -3.60. The number of rotatable bonds is 2. The molecule has 1 fully saturated rings. The zero-order chi connectivity index (χ0) is 11.9. The van der Waals surface area contributed by atoms with E-state index in [1.54, 1.807) is 0 Å². The van der Waals surface area contributed by atoms with Crippen LogP contribution in [0.25, 0.3) is 0 Å². The monoisotopic (exact) mass is 300 g/mol. The molecule has 2 rings (SSSR count). The van der Waals surface area contributed by atoms with E-state index in [1.807, 2.05) is 0 Å². The van der Waals surface area contributed by atoms with Gasteiger partial charge in [0.25, 0.3) is 0 Å². The Morgan fingerprint density at radius 3 is 2.62 bits per heavy atom. The first-order valence-corrected chi connectivity index (χ1v) is 7.66. The lowest BCUT2D eigenvalue weighted by Crippen LogP contribution is -2.40. The van der Waals surface area contributed by atoms with Crippen LogP contribution in [0.2, 0.25) is 8.67 Å². The summed E-state index contributed by atoms with van der Waals surface area (Å²) in [4.78, 5) is 0.0570. The fourth-order valence-electron chi connectivity index (χ4n) is 1.69. The molecule has 0 radical (unpaired) electrons. The van der Waals surface area contributed by atoms with Crippen molar-refractivity contribution in [3.63, 3.8) is 0 Å². The molecule has 1 aromatic heterocycles. The van der Waals surface area contributed by atoms with E-state index < -0.39 is 16.2 Å². The Morgan fingerprint density at radius 2 is 2.19 bits per heavy atom. The molecule has 90 valence electrons. The van der Waals surface area contributed by atoms with Crippen molar-refractivity contribution < 1.29 is 8.42 Å². The standard InChI is InChI=1S/C8H10Cl2N2O2S2/c9-6-4-5(8(10)15-6)16(13,14)12-3-1-2-7(12)11/h4,7H,1-3,11H2. The van der Waals surface area contributed by atoms with Gasteiger partial charge in [0.15, 0.2) is 0 Å². The third-order valence-electron chi connectivity index (χ3n) is 2.46. The lowest BCUT2D eigenvalue weighted by atomic mass is 10.3. The van der Waals surface area contributed by atoms with Gasteiger partial charge >= 0.3 is 0 Å².